The van der Waals surface area contributed by atoms with Gasteiger partial charge in [-0.15, -0.1) is 0 Å². The van der Waals surface area contributed by atoms with Gasteiger partial charge in [0.05, 0.1) is 0 Å². The lowest BCUT2D eigenvalue weighted by Crippen LogP contribution is -2.59. The van der Waals surface area contributed by atoms with Crippen molar-refractivity contribution in [2.45, 2.75) is 50.6 Å². The fraction of sp³-hybridized carbons (Fsp3) is 0.652. The molecule has 2 atom stereocenters. The van der Waals surface area contributed by atoms with E-state index in [-0.39, 0.29) is 17.5 Å². The molecule has 2 unspecified atom stereocenters. The van der Waals surface area contributed by atoms with Gasteiger partial charge < -0.3 is 26.0 Å². The highest BCUT2D eigenvalue weighted by Crippen LogP contribution is 2.25. The molecule has 2 aliphatic rings. The topological polar surface area (TPSA) is 92.0 Å². The van der Waals surface area contributed by atoms with E-state index in [1.807, 2.05) is 7.05 Å². The second-order valence-electron chi connectivity index (χ2n) is 8.69. The van der Waals surface area contributed by atoms with Crippen molar-refractivity contribution in [3.63, 3.8) is 0 Å². The first-order valence-corrected chi connectivity index (χ1v) is 11.2. The predicted octanol–water partition coefficient (Wildman–Crippen LogP) is 2.05. The zero-order chi connectivity index (χ0) is 21.4. The van der Waals surface area contributed by atoms with Crippen molar-refractivity contribution in [1.82, 2.24) is 15.5 Å². The second-order valence-corrected chi connectivity index (χ2v) is 8.69. The molecule has 2 heterocycles. The third-order valence-electron chi connectivity index (χ3n) is 6.38. The van der Waals surface area contributed by atoms with Crippen LogP contribution in [0.2, 0.25) is 0 Å². The Kier molecular flexibility index (Phi) is 8.10. The van der Waals surface area contributed by atoms with Crippen molar-refractivity contribution in [3.8, 4) is 0 Å². The van der Waals surface area contributed by atoms with Gasteiger partial charge in [-0.25, -0.2) is 0 Å². The van der Waals surface area contributed by atoms with Crippen LogP contribution in [0, 0.1) is 5.92 Å². The molecule has 0 bridgehead atoms. The maximum absolute atomic E-state index is 11.3. The minimum atomic E-state index is -0.218. The molecule has 7 nitrogen and oxygen atoms in total. The molecule has 2 saturated heterocycles. The predicted molar refractivity (Wildman–Crippen MR) is 120 cm³/mol. The Hall–Kier alpha value is -2.12. The molecule has 0 radical (unpaired) electrons. The summed E-state index contributed by atoms with van der Waals surface area (Å²) in [5.74, 6) is 0.998. The highest BCUT2D eigenvalue weighted by atomic mass is 16.5. The summed E-state index contributed by atoms with van der Waals surface area (Å²) < 4.78 is 5.66. The lowest BCUT2D eigenvalue weighted by molar-refractivity contribution is -0.119. The van der Waals surface area contributed by atoms with Gasteiger partial charge >= 0.3 is 0 Å². The number of nitrogens with one attached hydrogen (secondary N) is 2. The Morgan fingerprint density at radius 3 is 2.73 bits per heavy atom. The summed E-state index contributed by atoms with van der Waals surface area (Å²) in [6.07, 6.45) is 4.47. The first kappa shape index (κ1) is 22.6. The highest BCUT2D eigenvalue weighted by Gasteiger charge is 2.35. The van der Waals surface area contributed by atoms with Gasteiger partial charge in [-0.3, -0.25) is 9.79 Å². The van der Waals surface area contributed by atoms with E-state index in [0.29, 0.717) is 12.3 Å². The fourth-order valence-corrected chi connectivity index (χ4v) is 4.71. The molecule has 3 rings (SSSR count). The van der Waals surface area contributed by atoms with Crippen molar-refractivity contribution in [3.05, 3.63) is 35.9 Å². The fourth-order valence-electron chi connectivity index (χ4n) is 4.71. The molecule has 1 aromatic rings. The van der Waals surface area contributed by atoms with E-state index in [0.717, 1.165) is 64.5 Å². The van der Waals surface area contributed by atoms with Crippen molar-refractivity contribution in [1.29, 1.82) is 0 Å². The maximum Gasteiger partial charge on any atom is 0.217 e. The maximum atomic E-state index is 11.3. The summed E-state index contributed by atoms with van der Waals surface area (Å²) in [5, 5.41) is 7.51. The Labute approximate surface area is 180 Å². The number of aliphatic imine (C=N–C) groups is 1. The second kappa shape index (κ2) is 10.8. The van der Waals surface area contributed by atoms with Gasteiger partial charge in [-0.2, -0.15) is 0 Å². The summed E-state index contributed by atoms with van der Waals surface area (Å²) in [4.78, 5) is 18.1. The van der Waals surface area contributed by atoms with Crippen LogP contribution in [0.4, 0.5) is 0 Å². The van der Waals surface area contributed by atoms with E-state index >= 15 is 0 Å². The molecule has 4 N–H and O–H groups in total. The van der Waals surface area contributed by atoms with Crippen molar-refractivity contribution in [2.75, 3.05) is 39.9 Å². The molecule has 2 aliphatic heterocycles. The van der Waals surface area contributed by atoms with E-state index in [1.54, 1.807) is 0 Å². The first-order chi connectivity index (χ1) is 14.5. The van der Waals surface area contributed by atoms with E-state index in [1.165, 1.54) is 5.56 Å². The number of hydrogen-bond donors (Lipinski definition) is 3. The van der Waals surface area contributed by atoms with Crippen LogP contribution in [-0.2, 0) is 9.53 Å². The molecular weight excluding hydrogens is 378 g/mol. The number of amides is 1. The van der Waals surface area contributed by atoms with E-state index < -0.39 is 0 Å². The summed E-state index contributed by atoms with van der Waals surface area (Å²) >= 11 is 0. The number of piperidine rings is 1. The number of ether oxygens (including phenoxy) is 1. The van der Waals surface area contributed by atoms with Gasteiger partial charge in [-0.1, -0.05) is 30.3 Å². The third-order valence-corrected chi connectivity index (χ3v) is 6.38. The Balaban J connectivity index is 1.63. The first-order valence-electron chi connectivity index (χ1n) is 11.2. The zero-order valence-corrected chi connectivity index (χ0v) is 18.4. The quantitative estimate of drug-likeness (QED) is 0.468. The van der Waals surface area contributed by atoms with Gasteiger partial charge in [0.25, 0.3) is 0 Å². The minimum Gasteiger partial charge on any atom is -0.381 e. The average Bonchev–Trinajstić information content (AvgIpc) is 2.75. The number of nitrogens with two attached hydrogens (primary N) is 1. The summed E-state index contributed by atoms with van der Waals surface area (Å²) in [5.41, 5.74) is 6.66. The Bertz CT molecular complexity index is 703. The molecule has 0 spiro atoms. The van der Waals surface area contributed by atoms with Crippen LogP contribution in [0.1, 0.15) is 50.6 Å². The number of guanidine groups is 1. The third kappa shape index (κ3) is 6.19. The number of carbonyl (C=O) groups is 1. The molecule has 7 heteroatoms. The SMILES string of the molecule is CN=C(NCC1(NC(C)c2ccccc2)CCOCC1)N1CCCC(CC(N)=O)C1. The van der Waals surface area contributed by atoms with E-state index in [4.69, 9.17) is 10.5 Å². The number of carbonyl (C=O) groups excluding carboxylic acids is 1. The molecule has 0 saturated carbocycles. The Morgan fingerprint density at radius 1 is 1.33 bits per heavy atom. The number of nitrogens with zero attached hydrogens (tertiary/aromatic N) is 2. The zero-order valence-electron chi connectivity index (χ0n) is 18.4. The largest absolute Gasteiger partial charge is 0.381 e. The summed E-state index contributed by atoms with van der Waals surface area (Å²) in [6, 6.07) is 10.8. The van der Waals surface area contributed by atoms with Crippen LogP contribution in [0.25, 0.3) is 0 Å². The molecule has 1 aromatic carbocycles. The lowest BCUT2D eigenvalue weighted by Gasteiger charge is -2.42. The molecule has 0 aromatic heterocycles. The van der Waals surface area contributed by atoms with Crippen LogP contribution in [-0.4, -0.2) is 62.2 Å². The summed E-state index contributed by atoms with van der Waals surface area (Å²) in [7, 11) is 1.83. The van der Waals surface area contributed by atoms with Gasteiger partial charge in [-0.05, 0) is 44.1 Å². The van der Waals surface area contributed by atoms with Crippen LogP contribution >= 0.6 is 0 Å². The smallest absolute Gasteiger partial charge is 0.217 e. The number of likely N-dealkylation sites (tertiary alicyclic amines) is 1. The molecule has 30 heavy (non-hydrogen) atoms. The van der Waals surface area contributed by atoms with Crippen LogP contribution in [0.15, 0.2) is 35.3 Å². The summed E-state index contributed by atoms with van der Waals surface area (Å²) in [6.45, 7) is 6.32. The molecular formula is C23H37N5O2. The number of primary amides is 1. The van der Waals surface area contributed by atoms with Crippen molar-refractivity contribution in [2.24, 2.45) is 16.6 Å². The normalized spacial score (nSPS) is 23.1. The van der Waals surface area contributed by atoms with Gasteiger partial charge in [0, 0.05) is 57.9 Å². The van der Waals surface area contributed by atoms with Gasteiger partial charge in [0.15, 0.2) is 5.96 Å². The van der Waals surface area contributed by atoms with Crippen molar-refractivity contribution < 1.29 is 9.53 Å². The number of hydrogen-bond acceptors (Lipinski definition) is 4. The van der Waals surface area contributed by atoms with Crippen LogP contribution in [0.3, 0.4) is 0 Å². The molecule has 0 aliphatic carbocycles. The number of benzene rings is 1. The Morgan fingerprint density at radius 2 is 2.07 bits per heavy atom. The van der Waals surface area contributed by atoms with Crippen LogP contribution in [0.5, 0.6) is 0 Å². The standard InChI is InChI=1S/C23H37N5O2/c1-18(20-8-4-3-5-9-20)27-23(10-13-30-14-11-23)17-26-22(25-2)28-12-6-7-19(16-28)15-21(24)29/h3-5,8-9,18-19,27H,6-7,10-17H2,1-2H3,(H2,24,29)(H,25,26). The number of rotatable bonds is 7. The molecule has 166 valence electrons. The van der Waals surface area contributed by atoms with Gasteiger partial charge in [0.1, 0.15) is 0 Å². The van der Waals surface area contributed by atoms with Crippen LogP contribution < -0.4 is 16.4 Å². The minimum absolute atomic E-state index is 0.0497. The lowest BCUT2D eigenvalue weighted by atomic mass is 9.88. The highest BCUT2D eigenvalue weighted by molar-refractivity contribution is 5.80. The van der Waals surface area contributed by atoms with Gasteiger partial charge in [0.2, 0.25) is 5.91 Å². The average molecular weight is 416 g/mol. The van der Waals surface area contributed by atoms with E-state index in [9.17, 15) is 4.79 Å². The van der Waals surface area contributed by atoms with E-state index in [2.05, 4.69) is 57.8 Å². The van der Waals surface area contributed by atoms with Crippen molar-refractivity contribution >= 4 is 11.9 Å². The molecule has 1 amide bonds. The molecule has 2 fully saturated rings. The monoisotopic (exact) mass is 415 g/mol.